The molecule has 1 fully saturated rings. The SMILES string of the molecule is COc1ccc2ccnc(C(O)CNC3CCN(Cc4ccc5c(c4)OCCO5)CC3)c2c1. The normalized spacial score (nSPS) is 17.8. The predicted octanol–water partition coefficient (Wildman–Crippen LogP) is 3.30. The molecular weight excluding hydrogens is 418 g/mol. The van der Waals surface area contributed by atoms with Crippen LogP contribution in [0.5, 0.6) is 17.2 Å². The van der Waals surface area contributed by atoms with Crippen molar-refractivity contribution in [3.05, 3.63) is 59.9 Å². The van der Waals surface area contributed by atoms with Crippen LogP contribution in [-0.2, 0) is 6.54 Å². The number of benzene rings is 2. The summed E-state index contributed by atoms with van der Waals surface area (Å²) in [5.41, 5.74) is 1.94. The Morgan fingerprint density at radius 1 is 1.09 bits per heavy atom. The number of ether oxygens (including phenoxy) is 3. The second kappa shape index (κ2) is 9.95. The fraction of sp³-hybridized carbons (Fsp3) is 0.423. The van der Waals surface area contributed by atoms with Gasteiger partial charge >= 0.3 is 0 Å². The molecule has 33 heavy (non-hydrogen) atoms. The molecule has 2 aromatic carbocycles. The number of methoxy groups -OCH3 is 1. The van der Waals surface area contributed by atoms with E-state index in [1.165, 1.54) is 5.56 Å². The topological polar surface area (TPSA) is 76.1 Å². The number of aromatic nitrogens is 1. The molecule has 3 heterocycles. The smallest absolute Gasteiger partial charge is 0.161 e. The first-order valence-electron chi connectivity index (χ1n) is 11.6. The molecule has 0 spiro atoms. The van der Waals surface area contributed by atoms with E-state index in [0.29, 0.717) is 31.5 Å². The number of hydrogen-bond acceptors (Lipinski definition) is 7. The zero-order chi connectivity index (χ0) is 22.6. The number of aliphatic hydroxyl groups is 1. The fourth-order valence-corrected chi connectivity index (χ4v) is 4.68. The summed E-state index contributed by atoms with van der Waals surface area (Å²) < 4.78 is 16.7. The highest BCUT2D eigenvalue weighted by Crippen LogP contribution is 2.31. The van der Waals surface area contributed by atoms with Crippen LogP contribution in [0.3, 0.4) is 0 Å². The van der Waals surface area contributed by atoms with Crippen molar-refractivity contribution in [2.75, 3.05) is 40.0 Å². The Bertz CT molecular complexity index is 1100. The zero-order valence-corrected chi connectivity index (χ0v) is 19.0. The van der Waals surface area contributed by atoms with Crippen molar-refractivity contribution in [3.8, 4) is 17.2 Å². The highest BCUT2D eigenvalue weighted by molar-refractivity contribution is 5.86. The number of aliphatic hydroxyl groups excluding tert-OH is 1. The largest absolute Gasteiger partial charge is 0.497 e. The maximum atomic E-state index is 10.9. The van der Waals surface area contributed by atoms with Gasteiger partial charge in [-0.1, -0.05) is 12.1 Å². The van der Waals surface area contributed by atoms with Crippen molar-refractivity contribution >= 4 is 10.8 Å². The summed E-state index contributed by atoms with van der Waals surface area (Å²) in [6, 6.07) is 14.4. The van der Waals surface area contributed by atoms with Gasteiger partial charge in [-0.05, 0) is 67.2 Å². The number of nitrogens with one attached hydrogen (secondary N) is 1. The van der Waals surface area contributed by atoms with Gasteiger partial charge in [-0.2, -0.15) is 0 Å². The Hall–Kier alpha value is -2.87. The predicted molar refractivity (Wildman–Crippen MR) is 127 cm³/mol. The van der Waals surface area contributed by atoms with Crippen LogP contribution in [-0.4, -0.2) is 61.0 Å². The maximum absolute atomic E-state index is 10.9. The van der Waals surface area contributed by atoms with Gasteiger partial charge in [-0.25, -0.2) is 0 Å². The number of hydrogen-bond donors (Lipinski definition) is 2. The van der Waals surface area contributed by atoms with Crippen LogP contribution in [0, 0.1) is 0 Å². The van der Waals surface area contributed by atoms with Crippen LogP contribution in [0.2, 0.25) is 0 Å². The summed E-state index contributed by atoms with van der Waals surface area (Å²) in [5, 5.41) is 16.4. The molecule has 1 atom stereocenters. The molecule has 174 valence electrons. The van der Waals surface area contributed by atoms with E-state index < -0.39 is 6.10 Å². The quantitative estimate of drug-likeness (QED) is 0.573. The number of fused-ring (bicyclic) bond motifs is 2. The lowest BCUT2D eigenvalue weighted by Crippen LogP contribution is -2.43. The van der Waals surface area contributed by atoms with Gasteiger partial charge in [0.1, 0.15) is 25.1 Å². The van der Waals surface area contributed by atoms with E-state index in [1.807, 2.05) is 30.3 Å². The van der Waals surface area contributed by atoms with Crippen LogP contribution < -0.4 is 19.5 Å². The molecule has 0 radical (unpaired) electrons. The minimum Gasteiger partial charge on any atom is -0.497 e. The zero-order valence-electron chi connectivity index (χ0n) is 19.0. The fourth-order valence-electron chi connectivity index (χ4n) is 4.68. The van der Waals surface area contributed by atoms with Crippen LogP contribution in [0.1, 0.15) is 30.2 Å². The Morgan fingerprint density at radius 3 is 2.73 bits per heavy atom. The molecule has 2 N–H and O–H groups in total. The third kappa shape index (κ3) is 5.05. The van der Waals surface area contributed by atoms with Gasteiger partial charge in [0.2, 0.25) is 0 Å². The molecule has 7 heteroatoms. The van der Waals surface area contributed by atoms with Crippen molar-refractivity contribution in [1.29, 1.82) is 0 Å². The van der Waals surface area contributed by atoms with Crippen molar-refractivity contribution in [2.45, 2.75) is 31.5 Å². The first-order valence-corrected chi connectivity index (χ1v) is 11.6. The molecule has 1 aromatic heterocycles. The van der Waals surface area contributed by atoms with Crippen molar-refractivity contribution in [3.63, 3.8) is 0 Å². The van der Waals surface area contributed by atoms with Crippen molar-refractivity contribution < 1.29 is 19.3 Å². The Morgan fingerprint density at radius 2 is 1.91 bits per heavy atom. The van der Waals surface area contributed by atoms with E-state index in [9.17, 15) is 5.11 Å². The highest BCUT2D eigenvalue weighted by Gasteiger charge is 2.22. The van der Waals surface area contributed by atoms with E-state index in [1.54, 1.807) is 13.3 Å². The summed E-state index contributed by atoms with van der Waals surface area (Å²) in [7, 11) is 1.65. The summed E-state index contributed by atoms with van der Waals surface area (Å²) in [6.45, 7) is 4.66. The second-order valence-electron chi connectivity index (χ2n) is 8.74. The molecule has 0 saturated carbocycles. The summed E-state index contributed by atoms with van der Waals surface area (Å²) in [5.74, 6) is 2.46. The van der Waals surface area contributed by atoms with E-state index in [-0.39, 0.29) is 0 Å². The van der Waals surface area contributed by atoms with Crippen molar-refractivity contribution in [1.82, 2.24) is 15.2 Å². The van der Waals surface area contributed by atoms with Gasteiger partial charge < -0.3 is 24.6 Å². The standard InChI is InChI=1S/C26H31N3O4/c1-31-21-4-3-19-6-9-27-26(22(19)15-21)23(30)16-28-20-7-10-29(11-8-20)17-18-2-5-24-25(14-18)33-13-12-32-24/h2-6,9,14-15,20,23,28,30H,7-8,10-13,16-17H2,1H3. The molecule has 0 aliphatic carbocycles. The van der Waals surface area contributed by atoms with Gasteiger partial charge in [0.25, 0.3) is 0 Å². The molecule has 7 nitrogen and oxygen atoms in total. The Balaban J connectivity index is 1.13. The minimum absolute atomic E-state index is 0.390. The lowest BCUT2D eigenvalue weighted by atomic mass is 10.0. The molecule has 0 bridgehead atoms. The first-order chi connectivity index (χ1) is 16.2. The number of likely N-dealkylation sites (tertiary alicyclic amines) is 1. The van der Waals surface area contributed by atoms with E-state index >= 15 is 0 Å². The van der Waals surface area contributed by atoms with E-state index in [0.717, 1.165) is 60.5 Å². The maximum Gasteiger partial charge on any atom is 0.161 e. The third-order valence-corrected chi connectivity index (χ3v) is 6.52. The van der Waals surface area contributed by atoms with Crippen LogP contribution in [0.15, 0.2) is 48.7 Å². The lowest BCUT2D eigenvalue weighted by Gasteiger charge is -2.33. The molecule has 0 amide bonds. The summed E-state index contributed by atoms with van der Waals surface area (Å²) >= 11 is 0. The Kier molecular flexibility index (Phi) is 6.62. The lowest BCUT2D eigenvalue weighted by molar-refractivity contribution is 0.147. The third-order valence-electron chi connectivity index (χ3n) is 6.52. The minimum atomic E-state index is -0.670. The number of pyridine rings is 1. The highest BCUT2D eigenvalue weighted by atomic mass is 16.6. The first kappa shape index (κ1) is 21.9. The van der Waals surface area contributed by atoms with Gasteiger partial charge in [-0.15, -0.1) is 0 Å². The molecule has 5 rings (SSSR count). The van der Waals surface area contributed by atoms with Crippen molar-refractivity contribution in [2.24, 2.45) is 0 Å². The molecule has 2 aliphatic rings. The molecule has 3 aromatic rings. The number of piperidine rings is 1. The van der Waals surface area contributed by atoms with E-state index in [2.05, 4.69) is 27.3 Å². The van der Waals surface area contributed by atoms with Gasteiger partial charge in [-0.3, -0.25) is 9.88 Å². The van der Waals surface area contributed by atoms with E-state index in [4.69, 9.17) is 14.2 Å². The van der Waals surface area contributed by atoms with Gasteiger partial charge in [0.15, 0.2) is 11.5 Å². The van der Waals surface area contributed by atoms with Gasteiger partial charge in [0, 0.05) is 30.7 Å². The molecule has 1 saturated heterocycles. The van der Waals surface area contributed by atoms with Crippen LogP contribution >= 0.6 is 0 Å². The summed E-state index contributed by atoms with van der Waals surface area (Å²) in [4.78, 5) is 6.93. The average Bonchev–Trinajstić information content (AvgIpc) is 2.87. The molecule has 1 unspecified atom stereocenters. The molecule has 2 aliphatic heterocycles. The summed E-state index contributed by atoms with van der Waals surface area (Å²) in [6.07, 6.45) is 3.18. The number of nitrogens with zero attached hydrogens (tertiary/aromatic N) is 2. The second-order valence-corrected chi connectivity index (χ2v) is 8.74. The van der Waals surface area contributed by atoms with Crippen LogP contribution in [0.4, 0.5) is 0 Å². The Labute approximate surface area is 194 Å². The van der Waals surface area contributed by atoms with Gasteiger partial charge in [0.05, 0.1) is 12.8 Å². The average molecular weight is 450 g/mol. The monoisotopic (exact) mass is 449 g/mol. The molecular formula is C26H31N3O4. The number of rotatable bonds is 7. The van der Waals surface area contributed by atoms with Crippen LogP contribution in [0.25, 0.3) is 10.8 Å².